The van der Waals surface area contributed by atoms with Gasteiger partial charge in [-0.05, 0) is 30.3 Å². The number of halogens is 5. The van der Waals surface area contributed by atoms with Crippen LogP contribution in [-0.4, -0.2) is 49.0 Å². The molecule has 2 heterocycles. The van der Waals surface area contributed by atoms with Crippen LogP contribution in [0.4, 0.5) is 22.0 Å². The van der Waals surface area contributed by atoms with E-state index in [4.69, 9.17) is 4.74 Å². The lowest BCUT2D eigenvalue weighted by atomic mass is 10.1. The summed E-state index contributed by atoms with van der Waals surface area (Å²) >= 11 is 0. The second-order valence-electron chi connectivity index (χ2n) is 6.03. The van der Waals surface area contributed by atoms with Crippen LogP contribution in [0, 0.1) is 0 Å². The summed E-state index contributed by atoms with van der Waals surface area (Å²) in [6.07, 6.45) is -7.20. The lowest BCUT2D eigenvalue weighted by Gasteiger charge is -2.05. The van der Waals surface area contributed by atoms with Crippen LogP contribution in [0.5, 0.6) is 0 Å². The van der Waals surface area contributed by atoms with Crippen LogP contribution in [0.15, 0.2) is 30.3 Å². The predicted octanol–water partition coefficient (Wildman–Crippen LogP) is 3.05. The minimum atomic E-state index is -4.46. The van der Waals surface area contributed by atoms with Crippen molar-refractivity contribution < 1.29 is 31.5 Å². The van der Waals surface area contributed by atoms with Crippen LogP contribution in [0.2, 0.25) is 0 Å². The number of esters is 1. The lowest BCUT2D eigenvalue weighted by Crippen LogP contribution is -2.17. The third-order valence-corrected chi connectivity index (χ3v) is 3.85. The first-order chi connectivity index (χ1) is 14.2. The number of nitrogens with zero attached hydrogens (tertiary/aromatic N) is 6. The summed E-state index contributed by atoms with van der Waals surface area (Å²) in [4.78, 5) is 13.0. The summed E-state index contributed by atoms with van der Waals surface area (Å²) in [5, 5.41) is 15.6. The molecule has 0 aliphatic heterocycles. The summed E-state index contributed by atoms with van der Waals surface area (Å²) in [5.41, 5.74) is -0.440. The maximum atomic E-state index is 12.8. The van der Waals surface area contributed by atoms with Gasteiger partial charge in [0, 0.05) is 5.56 Å². The van der Waals surface area contributed by atoms with Crippen molar-refractivity contribution in [2.24, 2.45) is 0 Å². The van der Waals surface area contributed by atoms with Crippen LogP contribution < -0.4 is 0 Å². The predicted molar refractivity (Wildman–Crippen MR) is 91.5 cm³/mol. The van der Waals surface area contributed by atoms with E-state index in [1.807, 2.05) is 0 Å². The monoisotopic (exact) mass is 430 g/mol. The molecule has 0 saturated heterocycles. The molecule has 3 rings (SSSR count). The molecule has 0 spiro atoms. The summed E-state index contributed by atoms with van der Waals surface area (Å²) < 4.78 is 69.1. The lowest BCUT2D eigenvalue weighted by molar-refractivity contribution is -0.137. The molecule has 2 aromatic heterocycles. The van der Waals surface area contributed by atoms with E-state index in [0.29, 0.717) is 5.56 Å². The molecule has 30 heavy (non-hydrogen) atoms. The molecule has 1 aromatic carbocycles. The molecule has 8 nitrogen and oxygen atoms in total. The van der Waals surface area contributed by atoms with Crippen molar-refractivity contribution in [2.75, 3.05) is 6.61 Å². The number of alkyl halides is 5. The SMILES string of the molecule is CCOC(=O)c1cc(Cn2nnc(-c3ccc(C(F)(F)F)cc3)n2)nn1CC(F)F. The zero-order valence-corrected chi connectivity index (χ0v) is 15.5. The Bertz CT molecular complexity index is 1010. The van der Waals surface area contributed by atoms with Gasteiger partial charge in [-0.3, -0.25) is 4.68 Å². The molecule has 0 fully saturated rings. The zero-order chi connectivity index (χ0) is 21.9. The van der Waals surface area contributed by atoms with Crippen LogP contribution in [0.1, 0.15) is 28.7 Å². The van der Waals surface area contributed by atoms with E-state index in [-0.39, 0.29) is 30.4 Å². The molecule has 0 aliphatic carbocycles. The van der Waals surface area contributed by atoms with Crippen molar-refractivity contribution in [3.63, 3.8) is 0 Å². The maximum Gasteiger partial charge on any atom is 0.416 e. The Hall–Kier alpha value is -3.38. The molecule has 0 amide bonds. The van der Waals surface area contributed by atoms with E-state index in [0.717, 1.165) is 21.6 Å². The summed E-state index contributed by atoms with van der Waals surface area (Å²) in [5.74, 6) is -0.727. The van der Waals surface area contributed by atoms with Gasteiger partial charge in [0.05, 0.1) is 17.9 Å². The Morgan fingerprint density at radius 1 is 1.17 bits per heavy atom. The fourth-order valence-corrected chi connectivity index (χ4v) is 2.57. The second-order valence-corrected chi connectivity index (χ2v) is 6.03. The van der Waals surface area contributed by atoms with Crippen molar-refractivity contribution >= 4 is 5.97 Å². The minimum absolute atomic E-state index is 0.0646. The van der Waals surface area contributed by atoms with Gasteiger partial charge < -0.3 is 4.74 Å². The number of hydrogen-bond donors (Lipinski definition) is 0. The number of benzene rings is 1. The first-order valence-corrected chi connectivity index (χ1v) is 8.64. The Morgan fingerprint density at radius 2 is 1.87 bits per heavy atom. The Balaban J connectivity index is 1.79. The number of ether oxygens (including phenoxy) is 1. The number of carbonyl (C=O) groups excluding carboxylic acids is 1. The van der Waals surface area contributed by atoms with Gasteiger partial charge in [0.25, 0.3) is 6.43 Å². The number of rotatable bonds is 7. The van der Waals surface area contributed by atoms with Crippen molar-refractivity contribution in [1.82, 2.24) is 30.0 Å². The largest absolute Gasteiger partial charge is 0.461 e. The van der Waals surface area contributed by atoms with E-state index >= 15 is 0 Å². The fraction of sp³-hybridized carbons (Fsp3) is 0.353. The average Bonchev–Trinajstić information content (AvgIpc) is 3.28. The van der Waals surface area contributed by atoms with Gasteiger partial charge in [0.15, 0.2) is 0 Å². The third kappa shape index (κ3) is 4.96. The molecular formula is C17H15F5N6O2. The van der Waals surface area contributed by atoms with Crippen LogP contribution in [-0.2, 0) is 24.0 Å². The third-order valence-electron chi connectivity index (χ3n) is 3.85. The standard InChI is InChI=1S/C17H15F5N6O2/c1-2-30-16(29)13-7-12(24-27(13)9-14(18)19)8-28-25-15(23-26-28)10-3-5-11(6-4-10)17(20,21)22/h3-7,14H,2,8-9H2,1H3. The van der Waals surface area contributed by atoms with Crippen molar-refractivity contribution in [3.8, 4) is 11.4 Å². The highest BCUT2D eigenvalue weighted by Gasteiger charge is 2.30. The molecule has 160 valence electrons. The molecular weight excluding hydrogens is 415 g/mol. The number of hydrogen-bond acceptors (Lipinski definition) is 6. The first-order valence-electron chi connectivity index (χ1n) is 8.64. The van der Waals surface area contributed by atoms with E-state index in [2.05, 4.69) is 20.5 Å². The summed E-state index contributed by atoms with van der Waals surface area (Å²) in [6, 6.07) is 5.49. The second kappa shape index (κ2) is 8.55. The molecule has 3 aromatic rings. The maximum absolute atomic E-state index is 12.8. The van der Waals surface area contributed by atoms with Crippen molar-refractivity contribution in [3.05, 3.63) is 47.3 Å². The quantitative estimate of drug-likeness (QED) is 0.423. The number of tetrazole rings is 1. The van der Waals surface area contributed by atoms with Gasteiger partial charge in [-0.1, -0.05) is 12.1 Å². The van der Waals surface area contributed by atoms with E-state index in [9.17, 15) is 26.7 Å². The van der Waals surface area contributed by atoms with E-state index < -0.39 is 30.7 Å². The Kier molecular flexibility index (Phi) is 6.08. The zero-order valence-electron chi connectivity index (χ0n) is 15.5. The van der Waals surface area contributed by atoms with Crippen LogP contribution >= 0.6 is 0 Å². The highest BCUT2D eigenvalue weighted by molar-refractivity contribution is 5.87. The molecule has 0 N–H and O–H groups in total. The number of aromatic nitrogens is 6. The summed E-state index contributed by atoms with van der Waals surface area (Å²) in [7, 11) is 0. The van der Waals surface area contributed by atoms with Crippen molar-refractivity contribution in [2.45, 2.75) is 32.6 Å². The van der Waals surface area contributed by atoms with Gasteiger partial charge in [-0.25, -0.2) is 13.6 Å². The summed E-state index contributed by atoms with van der Waals surface area (Å²) in [6.45, 7) is 0.746. The smallest absolute Gasteiger partial charge is 0.416 e. The highest BCUT2D eigenvalue weighted by Crippen LogP contribution is 2.30. The number of carbonyl (C=O) groups is 1. The molecule has 0 atom stereocenters. The first kappa shape index (κ1) is 21.3. The minimum Gasteiger partial charge on any atom is -0.461 e. The van der Waals surface area contributed by atoms with Gasteiger partial charge in [-0.15, -0.1) is 10.2 Å². The Labute approximate surface area is 166 Å². The van der Waals surface area contributed by atoms with Gasteiger partial charge in [-0.2, -0.15) is 23.1 Å². The normalized spacial score (nSPS) is 11.8. The Morgan fingerprint density at radius 3 is 2.47 bits per heavy atom. The molecule has 0 saturated carbocycles. The average molecular weight is 430 g/mol. The molecule has 0 radical (unpaired) electrons. The topological polar surface area (TPSA) is 87.7 Å². The van der Waals surface area contributed by atoms with Crippen LogP contribution in [0.25, 0.3) is 11.4 Å². The fourth-order valence-electron chi connectivity index (χ4n) is 2.57. The van der Waals surface area contributed by atoms with E-state index in [1.165, 1.54) is 18.2 Å². The molecule has 0 bridgehead atoms. The van der Waals surface area contributed by atoms with E-state index in [1.54, 1.807) is 6.92 Å². The highest BCUT2D eigenvalue weighted by atomic mass is 19.4. The molecule has 0 aliphatic rings. The van der Waals surface area contributed by atoms with Gasteiger partial charge in [0.2, 0.25) is 5.82 Å². The van der Waals surface area contributed by atoms with Gasteiger partial charge >= 0.3 is 12.1 Å². The van der Waals surface area contributed by atoms with Crippen molar-refractivity contribution in [1.29, 1.82) is 0 Å². The van der Waals surface area contributed by atoms with Crippen LogP contribution in [0.3, 0.4) is 0 Å². The molecule has 13 heteroatoms. The van der Waals surface area contributed by atoms with Gasteiger partial charge in [0.1, 0.15) is 18.8 Å². The molecule has 0 unspecified atom stereocenters.